The molecule has 0 radical (unpaired) electrons. The molecule has 2 aromatic heterocycles. The normalized spacial score (nSPS) is 10.8. The van der Waals surface area contributed by atoms with E-state index < -0.39 is 0 Å². The summed E-state index contributed by atoms with van der Waals surface area (Å²) in [5.74, 6) is 0.0572. The third kappa shape index (κ3) is 3.86. The number of rotatable bonds is 5. The first-order chi connectivity index (χ1) is 13.6. The minimum Gasteiger partial charge on any atom is -0.334 e. The lowest BCUT2D eigenvalue weighted by Gasteiger charge is -2.08. The SMILES string of the molecule is O=C(Cn1cccc1-c1nc(-c2ccc(F)c(Br)c2)no1)Nc1ccccc1. The van der Waals surface area contributed by atoms with Crippen LogP contribution in [0.3, 0.4) is 0 Å². The Hall–Kier alpha value is -3.26. The zero-order valence-electron chi connectivity index (χ0n) is 14.5. The molecule has 0 saturated carbocycles. The molecule has 0 bridgehead atoms. The Kier molecular flexibility index (Phi) is 5.03. The summed E-state index contributed by atoms with van der Waals surface area (Å²) in [7, 11) is 0. The molecule has 0 saturated heterocycles. The molecule has 2 heterocycles. The summed E-state index contributed by atoms with van der Waals surface area (Å²) in [6.07, 6.45) is 1.76. The molecule has 0 atom stereocenters. The van der Waals surface area contributed by atoms with Gasteiger partial charge in [-0.3, -0.25) is 4.79 Å². The van der Waals surface area contributed by atoms with Crippen LogP contribution in [0.25, 0.3) is 23.0 Å². The third-order valence-corrected chi connectivity index (χ3v) is 4.63. The van der Waals surface area contributed by atoms with E-state index in [4.69, 9.17) is 4.52 Å². The minimum absolute atomic E-state index is 0.0943. The molecule has 4 rings (SSSR count). The van der Waals surface area contributed by atoms with Gasteiger partial charge in [-0.2, -0.15) is 4.98 Å². The summed E-state index contributed by atoms with van der Waals surface area (Å²) in [6, 6.07) is 17.3. The van der Waals surface area contributed by atoms with Crippen LogP contribution in [-0.2, 0) is 11.3 Å². The number of nitrogens with zero attached hydrogens (tertiary/aromatic N) is 3. The molecule has 2 aromatic carbocycles. The number of halogens is 2. The van der Waals surface area contributed by atoms with Crippen molar-refractivity contribution in [3.8, 4) is 23.0 Å². The maximum absolute atomic E-state index is 13.4. The van der Waals surface area contributed by atoms with Gasteiger partial charge in [-0.25, -0.2) is 4.39 Å². The summed E-state index contributed by atoms with van der Waals surface area (Å²) in [5.41, 5.74) is 1.95. The standard InChI is InChI=1S/C20H14BrFN4O2/c21-15-11-13(8-9-16(15)22)19-24-20(28-25-19)17-7-4-10-26(17)12-18(27)23-14-5-2-1-3-6-14/h1-11H,12H2,(H,23,27). The molecule has 0 aliphatic carbocycles. The van der Waals surface area contributed by atoms with Gasteiger partial charge in [0.05, 0.1) is 4.47 Å². The van der Waals surface area contributed by atoms with Crippen LogP contribution in [0.5, 0.6) is 0 Å². The molecule has 28 heavy (non-hydrogen) atoms. The molecule has 0 spiro atoms. The van der Waals surface area contributed by atoms with Crippen LogP contribution in [-0.4, -0.2) is 20.6 Å². The Labute approximate surface area is 168 Å². The minimum atomic E-state index is -0.370. The van der Waals surface area contributed by atoms with E-state index >= 15 is 0 Å². The number of hydrogen-bond acceptors (Lipinski definition) is 4. The molecule has 4 aromatic rings. The lowest BCUT2D eigenvalue weighted by Crippen LogP contribution is -2.18. The fourth-order valence-electron chi connectivity index (χ4n) is 2.70. The number of aromatic nitrogens is 3. The maximum Gasteiger partial charge on any atom is 0.274 e. The van der Waals surface area contributed by atoms with E-state index in [0.29, 0.717) is 21.6 Å². The van der Waals surface area contributed by atoms with Crippen LogP contribution in [0, 0.1) is 5.82 Å². The van der Waals surface area contributed by atoms with Crippen LogP contribution in [0.15, 0.2) is 75.9 Å². The Morgan fingerprint density at radius 3 is 2.75 bits per heavy atom. The van der Waals surface area contributed by atoms with E-state index in [1.165, 1.54) is 6.07 Å². The fraction of sp³-hybridized carbons (Fsp3) is 0.0500. The Morgan fingerprint density at radius 1 is 1.14 bits per heavy atom. The molecule has 140 valence electrons. The average molecular weight is 441 g/mol. The maximum atomic E-state index is 13.4. The number of nitrogens with one attached hydrogen (secondary N) is 1. The number of hydrogen-bond donors (Lipinski definition) is 1. The van der Waals surface area contributed by atoms with Crippen molar-refractivity contribution in [2.45, 2.75) is 6.54 Å². The van der Waals surface area contributed by atoms with Crippen molar-refractivity contribution in [3.63, 3.8) is 0 Å². The second-order valence-electron chi connectivity index (χ2n) is 5.99. The lowest BCUT2D eigenvalue weighted by molar-refractivity contribution is -0.116. The van der Waals surface area contributed by atoms with Crippen molar-refractivity contribution in [1.82, 2.24) is 14.7 Å². The number of carbonyl (C=O) groups is 1. The molecule has 0 fully saturated rings. The van der Waals surface area contributed by atoms with Gasteiger partial charge in [0.1, 0.15) is 18.1 Å². The predicted molar refractivity (Wildman–Crippen MR) is 106 cm³/mol. The van der Waals surface area contributed by atoms with E-state index in [2.05, 4.69) is 31.4 Å². The molecule has 8 heteroatoms. The van der Waals surface area contributed by atoms with E-state index in [0.717, 1.165) is 5.69 Å². The van der Waals surface area contributed by atoms with Gasteiger partial charge in [0.15, 0.2) is 0 Å². The average Bonchev–Trinajstić information content (AvgIpc) is 3.34. The molecular formula is C20H14BrFN4O2. The molecule has 0 unspecified atom stereocenters. The second-order valence-corrected chi connectivity index (χ2v) is 6.84. The van der Waals surface area contributed by atoms with Crippen molar-refractivity contribution in [2.24, 2.45) is 0 Å². The van der Waals surface area contributed by atoms with Crippen LogP contribution < -0.4 is 5.32 Å². The van der Waals surface area contributed by atoms with Gasteiger partial charge in [-0.1, -0.05) is 23.4 Å². The lowest BCUT2D eigenvalue weighted by atomic mass is 10.2. The van der Waals surface area contributed by atoms with Gasteiger partial charge in [-0.15, -0.1) is 0 Å². The number of anilines is 1. The van der Waals surface area contributed by atoms with Crippen molar-refractivity contribution in [3.05, 3.63) is 77.2 Å². The van der Waals surface area contributed by atoms with Crippen molar-refractivity contribution in [1.29, 1.82) is 0 Å². The van der Waals surface area contributed by atoms with E-state index in [1.54, 1.807) is 35.0 Å². The van der Waals surface area contributed by atoms with Crippen molar-refractivity contribution in [2.75, 3.05) is 5.32 Å². The second kappa shape index (κ2) is 7.77. The van der Waals surface area contributed by atoms with Gasteiger partial charge >= 0.3 is 0 Å². The molecule has 0 aliphatic heterocycles. The third-order valence-electron chi connectivity index (χ3n) is 4.02. The largest absolute Gasteiger partial charge is 0.334 e. The summed E-state index contributed by atoms with van der Waals surface area (Å²) in [4.78, 5) is 16.7. The predicted octanol–water partition coefficient (Wildman–Crippen LogP) is 4.75. The van der Waals surface area contributed by atoms with Gasteiger partial charge < -0.3 is 14.4 Å². The monoisotopic (exact) mass is 440 g/mol. The summed E-state index contributed by atoms with van der Waals surface area (Å²) in [5, 5.41) is 6.79. The Bertz CT molecular complexity index is 1120. The van der Waals surface area contributed by atoms with Gasteiger partial charge in [0, 0.05) is 17.4 Å². The van der Waals surface area contributed by atoms with E-state index in [1.807, 2.05) is 30.3 Å². The van der Waals surface area contributed by atoms with Gasteiger partial charge in [-0.05, 0) is 58.4 Å². The van der Waals surface area contributed by atoms with Gasteiger partial charge in [0.25, 0.3) is 5.89 Å². The van der Waals surface area contributed by atoms with E-state index in [-0.39, 0.29) is 24.2 Å². The molecule has 0 aliphatic rings. The topological polar surface area (TPSA) is 73.0 Å². The smallest absolute Gasteiger partial charge is 0.274 e. The van der Waals surface area contributed by atoms with Crippen molar-refractivity contribution < 1.29 is 13.7 Å². The van der Waals surface area contributed by atoms with Crippen LogP contribution in [0.4, 0.5) is 10.1 Å². The molecule has 1 amide bonds. The van der Waals surface area contributed by atoms with Crippen LogP contribution in [0.2, 0.25) is 0 Å². The highest BCUT2D eigenvalue weighted by molar-refractivity contribution is 9.10. The highest BCUT2D eigenvalue weighted by Gasteiger charge is 2.16. The highest BCUT2D eigenvalue weighted by atomic mass is 79.9. The van der Waals surface area contributed by atoms with Crippen molar-refractivity contribution >= 4 is 27.5 Å². The zero-order chi connectivity index (χ0) is 19.5. The van der Waals surface area contributed by atoms with Gasteiger partial charge in [0.2, 0.25) is 11.7 Å². The number of amides is 1. The summed E-state index contributed by atoms with van der Waals surface area (Å²) < 4.78 is 20.8. The quantitative estimate of drug-likeness (QED) is 0.486. The zero-order valence-corrected chi connectivity index (χ0v) is 16.1. The van der Waals surface area contributed by atoms with Crippen LogP contribution in [0.1, 0.15) is 0 Å². The summed E-state index contributed by atoms with van der Waals surface area (Å²) in [6.45, 7) is 0.0943. The molecule has 6 nitrogen and oxygen atoms in total. The van der Waals surface area contributed by atoms with E-state index in [9.17, 15) is 9.18 Å². The first-order valence-electron chi connectivity index (χ1n) is 8.40. The summed E-state index contributed by atoms with van der Waals surface area (Å²) >= 11 is 3.15. The Balaban J connectivity index is 1.53. The number of carbonyl (C=O) groups excluding carboxylic acids is 1. The first-order valence-corrected chi connectivity index (χ1v) is 9.19. The highest BCUT2D eigenvalue weighted by Crippen LogP contribution is 2.26. The Morgan fingerprint density at radius 2 is 1.96 bits per heavy atom. The molecule has 1 N–H and O–H groups in total. The van der Waals surface area contributed by atoms with Crippen LogP contribution >= 0.6 is 15.9 Å². The number of para-hydroxylation sites is 1. The first kappa shape index (κ1) is 18.1. The fourth-order valence-corrected chi connectivity index (χ4v) is 3.08. The molecular weight excluding hydrogens is 427 g/mol. The number of benzene rings is 2.